The summed E-state index contributed by atoms with van der Waals surface area (Å²) >= 11 is 0. The van der Waals surface area contributed by atoms with Gasteiger partial charge in [0.25, 0.3) is 0 Å². The molecule has 0 radical (unpaired) electrons. The summed E-state index contributed by atoms with van der Waals surface area (Å²) in [7, 11) is 0. The van der Waals surface area contributed by atoms with Gasteiger partial charge in [0, 0.05) is 38.4 Å². The first-order valence-electron chi connectivity index (χ1n) is 17.5. The van der Waals surface area contributed by atoms with E-state index in [2.05, 4.69) is 167 Å². The predicted octanol–water partition coefficient (Wildman–Crippen LogP) is 11.7. The zero-order chi connectivity index (χ0) is 34.2. The Morgan fingerprint density at radius 1 is 0.327 bits per heavy atom. The Labute approximate surface area is 298 Å². The molecular weight excluding hydrogens is 635 g/mol. The number of hydrogen-bond acceptors (Lipinski definition) is 3. The van der Waals surface area contributed by atoms with Crippen LogP contribution in [0, 0.1) is 0 Å². The summed E-state index contributed by atoms with van der Waals surface area (Å²) in [5.41, 5.74) is 7.38. The van der Waals surface area contributed by atoms with Crippen molar-refractivity contribution < 1.29 is 0 Å². The summed E-state index contributed by atoms with van der Waals surface area (Å²) in [6.45, 7) is 0. The average molecular weight is 664 g/mol. The van der Waals surface area contributed by atoms with Crippen LogP contribution < -0.4 is 0 Å². The molecule has 5 nitrogen and oxygen atoms in total. The van der Waals surface area contributed by atoms with Gasteiger partial charge in [-0.15, -0.1) is 0 Å². The second-order valence-electron chi connectivity index (χ2n) is 13.3. The Balaban J connectivity index is 1.26. The summed E-state index contributed by atoms with van der Waals surface area (Å²) < 4.78 is 4.60. The summed E-state index contributed by atoms with van der Waals surface area (Å²) in [5.74, 6) is 1.84. The van der Waals surface area contributed by atoms with Gasteiger partial charge in [0.2, 0.25) is 5.95 Å². The van der Waals surface area contributed by atoms with Gasteiger partial charge in [-0.1, -0.05) is 140 Å². The van der Waals surface area contributed by atoms with Crippen molar-refractivity contribution in [3.63, 3.8) is 0 Å². The van der Waals surface area contributed by atoms with Crippen LogP contribution in [-0.2, 0) is 0 Å². The first-order valence-corrected chi connectivity index (χ1v) is 17.5. The number of hydrogen-bond donors (Lipinski definition) is 0. The molecule has 0 fully saturated rings. The van der Waals surface area contributed by atoms with E-state index < -0.39 is 0 Å². The van der Waals surface area contributed by atoms with Gasteiger partial charge in [0.05, 0.1) is 22.1 Å². The van der Waals surface area contributed by atoms with Crippen molar-refractivity contribution in [2.24, 2.45) is 0 Å². The predicted molar refractivity (Wildman–Crippen MR) is 214 cm³/mol. The Kier molecular flexibility index (Phi) is 6.18. The maximum atomic E-state index is 5.33. The SMILES string of the molecule is c1ccc(-c2nc(-c3cccc4ccccc34)nc(-n3c4cc(-n5c6ccccc6c6ccccc65)ccc4c4cc5ccccc5cc43)n2)cc1. The lowest BCUT2D eigenvalue weighted by molar-refractivity contribution is 0.954. The molecule has 0 N–H and O–H groups in total. The Bertz CT molecular complexity index is 3130. The molecule has 8 aromatic carbocycles. The fourth-order valence-corrected chi connectivity index (χ4v) is 7.97. The van der Waals surface area contributed by atoms with Crippen LogP contribution in [0.5, 0.6) is 0 Å². The molecule has 0 unspecified atom stereocenters. The van der Waals surface area contributed by atoms with E-state index in [-0.39, 0.29) is 0 Å². The van der Waals surface area contributed by atoms with Gasteiger partial charge in [-0.05, 0) is 57.9 Å². The molecule has 0 bridgehead atoms. The van der Waals surface area contributed by atoms with Crippen LogP contribution >= 0.6 is 0 Å². The number of benzene rings is 8. The quantitative estimate of drug-likeness (QED) is 0.188. The van der Waals surface area contributed by atoms with Crippen molar-refractivity contribution in [3.8, 4) is 34.4 Å². The van der Waals surface area contributed by atoms with Gasteiger partial charge in [0.1, 0.15) is 0 Å². The topological polar surface area (TPSA) is 48.5 Å². The fraction of sp³-hybridized carbons (Fsp3) is 0. The molecule has 3 heterocycles. The van der Waals surface area contributed by atoms with E-state index in [1.807, 2.05) is 18.2 Å². The molecule has 52 heavy (non-hydrogen) atoms. The van der Waals surface area contributed by atoms with Gasteiger partial charge in [0.15, 0.2) is 11.6 Å². The van der Waals surface area contributed by atoms with Crippen molar-refractivity contribution in [1.82, 2.24) is 24.1 Å². The van der Waals surface area contributed by atoms with Crippen molar-refractivity contribution >= 4 is 65.2 Å². The molecule has 0 amide bonds. The number of para-hydroxylation sites is 2. The Morgan fingerprint density at radius 3 is 1.67 bits per heavy atom. The molecule has 242 valence electrons. The average Bonchev–Trinajstić information content (AvgIpc) is 3.71. The lowest BCUT2D eigenvalue weighted by Crippen LogP contribution is -2.07. The minimum Gasteiger partial charge on any atom is -0.309 e. The molecule has 0 aliphatic carbocycles. The fourth-order valence-electron chi connectivity index (χ4n) is 7.97. The minimum atomic E-state index is 0.575. The highest BCUT2D eigenvalue weighted by Crippen LogP contribution is 2.38. The van der Waals surface area contributed by atoms with Gasteiger partial charge >= 0.3 is 0 Å². The summed E-state index contributed by atoms with van der Waals surface area (Å²) in [6.07, 6.45) is 0. The number of nitrogens with zero attached hydrogens (tertiary/aromatic N) is 5. The zero-order valence-electron chi connectivity index (χ0n) is 28.0. The number of rotatable bonds is 4. The van der Waals surface area contributed by atoms with Crippen molar-refractivity contribution in [2.45, 2.75) is 0 Å². The van der Waals surface area contributed by atoms with Gasteiger partial charge < -0.3 is 4.57 Å². The van der Waals surface area contributed by atoms with Crippen molar-refractivity contribution in [1.29, 1.82) is 0 Å². The Hall–Kier alpha value is -7.11. The summed E-state index contributed by atoms with van der Waals surface area (Å²) in [5, 5.41) is 9.34. The smallest absolute Gasteiger partial charge is 0.238 e. The molecule has 0 spiro atoms. The van der Waals surface area contributed by atoms with Crippen molar-refractivity contribution in [3.05, 3.63) is 176 Å². The van der Waals surface area contributed by atoms with Crippen LogP contribution in [-0.4, -0.2) is 24.1 Å². The van der Waals surface area contributed by atoms with E-state index in [0.29, 0.717) is 17.6 Å². The molecule has 0 saturated carbocycles. The molecule has 3 aromatic heterocycles. The second-order valence-corrected chi connectivity index (χ2v) is 13.3. The maximum absolute atomic E-state index is 5.33. The number of fused-ring (bicyclic) bond motifs is 8. The zero-order valence-corrected chi connectivity index (χ0v) is 28.0. The van der Waals surface area contributed by atoms with Gasteiger partial charge in [-0.25, -0.2) is 4.98 Å². The van der Waals surface area contributed by atoms with Crippen LogP contribution in [0.4, 0.5) is 0 Å². The highest BCUT2D eigenvalue weighted by atomic mass is 15.2. The molecule has 0 aliphatic rings. The highest BCUT2D eigenvalue weighted by molar-refractivity contribution is 6.14. The van der Waals surface area contributed by atoms with Crippen molar-refractivity contribution in [2.75, 3.05) is 0 Å². The normalized spacial score (nSPS) is 11.8. The molecule has 11 aromatic rings. The molecule has 0 atom stereocenters. The molecule has 0 aliphatic heterocycles. The summed E-state index contributed by atoms with van der Waals surface area (Å²) in [4.78, 5) is 15.7. The van der Waals surface area contributed by atoms with E-state index in [4.69, 9.17) is 15.0 Å². The molecule has 0 saturated heterocycles. The Morgan fingerprint density at radius 2 is 0.904 bits per heavy atom. The van der Waals surface area contributed by atoms with E-state index in [1.54, 1.807) is 0 Å². The van der Waals surface area contributed by atoms with Crippen LogP contribution in [0.15, 0.2) is 176 Å². The third-order valence-corrected chi connectivity index (χ3v) is 10.3. The van der Waals surface area contributed by atoms with Crippen LogP contribution in [0.2, 0.25) is 0 Å². The molecule has 5 heteroatoms. The van der Waals surface area contributed by atoms with Gasteiger partial charge in [-0.3, -0.25) is 4.57 Å². The lowest BCUT2D eigenvalue weighted by Gasteiger charge is -2.13. The second kappa shape index (κ2) is 11.2. The molecule has 11 rings (SSSR count). The first-order chi connectivity index (χ1) is 25.8. The molecular formula is C47H29N5. The third-order valence-electron chi connectivity index (χ3n) is 10.3. The first kappa shape index (κ1) is 28.7. The standard InChI is InChI=1S/C47H29N5/c1-2-14-31(15-3-1)45-48-46(39-22-12-18-30-13-6-7-19-35(30)39)50-47(49-45)52-43-28-33-17-5-4-16-32(33)27-40(43)38-26-25-34(29-44(38)52)51-41-23-10-8-20-36(41)37-21-9-11-24-42(37)51/h1-29H. The third kappa shape index (κ3) is 4.33. The van der Waals surface area contributed by atoms with Crippen LogP contribution in [0.3, 0.4) is 0 Å². The lowest BCUT2D eigenvalue weighted by atomic mass is 10.0. The van der Waals surface area contributed by atoms with E-state index in [1.165, 1.54) is 27.2 Å². The van der Waals surface area contributed by atoms with Crippen LogP contribution in [0.25, 0.3) is 99.6 Å². The van der Waals surface area contributed by atoms with E-state index in [9.17, 15) is 0 Å². The maximum Gasteiger partial charge on any atom is 0.238 e. The number of aromatic nitrogens is 5. The van der Waals surface area contributed by atoms with E-state index >= 15 is 0 Å². The highest BCUT2D eigenvalue weighted by Gasteiger charge is 2.21. The van der Waals surface area contributed by atoms with Crippen LogP contribution in [0.1, 0.15) is 0 Å². The van der Waals surface area contributed by atoms with Gasteiger partial charge in [-0.2, -0.15) is 9.97 Å². The van der Waals surface area contributed by atoms with E-state index in [0.717, 1.165) is 54.8 Å². The largest absolute Gasteiger partial charge is 0.309 e. The summed E-state index contributed by atoms with van der Waals surface area (Å²) in [6, 6.07) is 62.1. The monoisotopic (exact) mass is 663 g/mol. The minimum absolute atomic E-state index is 0.575.